The molecular formula is C21H25ClFN3O4S. The van der Waals surface area contributed by atoms with Gasteiger partial charge in [0, 0.05) is 18.1 Å². The Morgan fingerprint density at radius 3 is 2.29 bits per heavy atom. The fraction of sp³-hybridized carbons (Fsp3) is 0.333. The van der Waals surface area contributed by atoms with Crippen molar-refractivity contribution in [3.05, 3.63) is 64.9 Å². The van der Waals surface area contributed by atoms with Crippen LogP contribution in [0.25, 0.3) is 0 Å². The fourth-order valence-corrected chi connectivity index (χ4v) is 3.98. The Bertz CT molecular complexity index is 1030. The quantitative estimate of drug-likeness (QED) is 0.611. The summed E-state index contributed by atoms with van der Waals surface area (Å²) < 4.78 is 38.9. The minimum atomic E-state index is -3.86. The Kier molecular flexibility index (Phi) is 8.41. The largest absolute Gasteiger partial charge is 0.355 e. The second-order valence-corrected chi connectivity index (χ2v) is 9.24. The van der Waals surface area contributed by atoms with Crippen molar-refractivity contribution in [3.63, 3.8) is 0 Å². The predicted molar refractivity (Wildman–Crippen MR) is 119 cm³/mol. The van der Waals surface area contributed by atoms with Crippen LogP contribution >= 0.6 is 11.6 Å². The molecule has 0 fully saturated rings. The molecular weight excluding hydrogens is 445 g/mol. The first-order chi connectivity index (χ1) is 14.5. The first kappa shape index (κ1) is 24.6. The fourth-order valence-electron chi connectivity index (χ4n) is 2.94. The molecule has 1 atom stereocenters. The number of likely N-dealkylation sites (N-methyl/N-ethyl adjacent to an activating group) is 1. The van der Waals surface area contributed by atoms with Crippen molar-refractivity contribution >= 4 is 39.1 Å². The molecule has 1 N–H and O–H groups in total. The maximum atomic E-state index is 13.3. The van der Waals surface area contributed by atoms with Crippen LogP contribution in [0, 0.1) is 5.82 Å². The highest BCUT2D eigenvalue weighted by molar-refractivity contribution is 7.92. The van der Waals surface area contributed by atoms with Gasteiger partial charge < -0.3 is 10.2 Å². The number of hydrogen-bond acceptors (Lipinski definition) is 4. The Balaban J connectivity index is 2.38. The molecule has 0 aromatic heterocycles. The van der Waals surface area contributed by atoms with E-state index in [1.54, 1.807) is 38.1 Å². The van der Waals surface area contributed by atoms with Crippen LogP contribution in [-0.2, 0) is 26.2 Å². The number of sulfonamides is 1. The van der Waals surface area contributed by atoms with Crippen LogP contribution < -0.4 is 9.62 Å². The first-order valence-electron chi connectivity index (χ1n) is 9.58. The minimum Gasteiger partial charge on any atom is -0.355 e. The minimum absolute atomic E-state index is 0.0117. The lowest BCUT2D eigenvalue weighted by molar-refractivity contribution is -0.139. The van der Waals surface area contributed by atoms with Gasteiger partial charge in [-0.3, -0.25) is 13.9 Å². The van der Waals surface area contributed by atoms with E-state index in [0.29, 0.717) is 17.1 Å². The highest BCUT2D eigenvalue weighted by Gasteiger charge is 2.30. The summed E-state index contributed by atoms with van der Waals surface area (Å²) in [5.41, 5.74) is 0.752. The number of rotatable bonds is 9. The number of carbonyl (C=O) groups excluding carboxylic acids is 2. The maximum Gasteiger partial charge on any atom is 0.244 e. The second kappa shape index (κ2) is 10.6. The van der Waals surface area contributed by atoms with E-state index in [9.17, 15) is 22.4 Å². The van der Waals surface area contributed by atoms with Crippen molar-refractivity contribution in [2.45, 2.75) is 26.4 Å². The SMILES string of the molecule is CCNC(=O)[C@H](C)N(Cc1ccccc1Cl)C(=O)CN(c1ccc(F)cc1)S(C)(=O)=O. The number of halogens is 2. The summed E-state index contributed by atoms with van der Waals surface area (Å²) in [6.45, 7) is 3.14. The summed E-state index contributed by atoms with van der Waals surface area (Å²) in [6.07, 6.45) is 0.954. The van der Waals surface area contributed by atoms with Gasteiger partial charge in [-0.1, -0.05) is 29.8 Å². The lowest BCUT2D eigenvalue weighted by Crippen LogP contribution is -2.51. The van der Waals surface area contributed by atoms with Gasteiger partial charge in [0.1, 0.15) is 18.4 Å². The third-order valence-corrected chi connectivity index (χ3v) is 6.12. The number of amides is 2. The molecule has 31 heavy (non-hydrogen) atoms. The first-order valence-corrected chi connectivity index (χ1v) is 11.8. The summed E-state index contributed by atoms with van der Waals surface area (Å²) in [7, 11) is -3.86. The van der Waals surface area contributed by atoms with Gasteiger partial charge in [0.05, 0.1) is 11.9 Å². The molecule has 0 spiro atoms. The lowest BCUT2D eigenvalue weighted by Gasteiger charge is -2.31. The van der Waals surface area contributed by atoms with Crippen LogP contribution in [0.15, 0.2) is 48.5 Å². The van der Waals surface area contributed by atoms with Crippen LogP contribution in [0.4, 0.5) is 10.1 Å². The molecule has 0 heterocycles. The molecule has 0 unspecified atom stereocenters. The van der Waals surface area contributed by atoms with E-state index in [2.05, 4.69) is 5.32 Å². The van der Waals surface area contributed by atoms with E-state index < -0.39 is 34.3 Å². The number of hydrogen-bond donors (Lipinski definition) is 1. The summed E-state index contributed by atoms with van der Waals surface area (Å²) >= 11 is 6.23. The lowest BCUT2D eigenvalue weighted by atomic mass is 10.1. The highest BCUT2D eigenvalue weighted by atomic mass is 35.5. The molecule has 168 valence electrons. The van der Waals surface area contributed by atoms with Gasteiger partial charge in [0.15, 0.2) is 0 Å². The topological polar surface area (TPSA) is 86.8 Å². The molecule has 10 heteroatoms. The zero-order chi connectivity index (χ0) is 23.2. The van der Waals surface area contributed by atoms with Gasteiger partial charge in [-0.25, -0.2) is 12.8 Å². The van der Waals surface area contributed by atoms with Gasteiger partial charge in [-0.15, -0.1) is 0 Å². The molecule has 0 aliphatic carbocycles. The second-order valence-electron chi connectivity index (χ2n) is 6.93. The zero-order valence-electron chi connectivity index (χ0n) is 17.5. The van der Waals surface area contributed by atoms with Crippen molar-refractivity contribution in [1.82, 2.24) is 10.2 Å². The van der Waals surface area contributed by atoms with Gasteiger partial charge in [-0.2, -0.15) is 0 Å². The number of nitrogens with one attached hydrogen (secondary N) is 1. The van der Waals surface area contributed by atoms with Gasteiger partial charge in [0.2, 0.25) is 21.8 Å². The van der Waals surface area contributed by atoms with Crippen LogP contribution in [0.3, 0.4) is 0 Å². The summed E-state index contributed by atoms with van der Waals surface area (Å²) in [6, 6.07) is 10.8. The molecule has 0 saturated heterocycles. The number of nitrogens with zero attached hydrogens (tertiary/aromatic N) is 2. The number of benzene rings is 2. The average Bonchev–Trinajstić information content (AvgIpc) is 2.71. The Labute approximate surface area is 186 Å². The summed E-state index contributed by atoms with van der Waals surface area (Å²) in [5, 5.41) is 3.08. The Hall–Kier alpha value is -2.65. The van der Waals surface area contributed by atoms with E-state index in [1.165, 1.54) is 17.0 Å². The molecule has 7 nitrogen and oxygen atoms in total. The van der Waals surface area contributed by atoms with Crippen LogP contribution in [0.5, 0.6) is 0 Å². The molecule has 2 rings (SSSR count). The van der Waals surface area contributed by atoms with Crippen LogP contribution in [-0.4, -0.2) is 50.5 Å². The van der Waals surface area contributed by atoms with Crippen molar-refractivity contribution < 1.29 is 22.4 Å². The monoisotopic (exact) mass is 469 g/mol. The summed E-state index contributed by atoms with van der Waals surface area (Å²) in [5.74, 6) is -1.52. The van der Waals surface area contributed by atoms with E-state index in [1.807, 2.05) is 0 Å². The van der Waals surface area contributed by atoms with Crippen molar-refractivity contribution in [2.24, 2.45) is 0 Å². The number of carbonyl (C=O) groups is 2. The normalized spacial score (nSPS) is 12.2. The smallest absolute Gasteiger partial charge is 0.244 e. The van der Waals surface area contributed by atoms with Gasteiger partial charge in [0.25, 0.3) is 0 Å². The molecule has 2 aromatic carbocycles. The molecule has 0 radical (unpaired) electrons. The van der Waals surface area contributed by atoms with E-state index in [4.69, 9.17) is 11.6 Å². The summed E-state index contributed by atoms with van der Waals surface area (Å²) in [4.78, 5) is 26.9. The van der Waals surface area contributed by atoms with Crippen molar-refractivity contribution in [1.29, 1.82) is 0 Å². The van der Waals surface area contributed by atoms with Crippen molar-refractivity contribution in [3.8, 4) is 0 Å². The van der Waals surface area contributed by atoms with E-state index in [0.717, 1.165) is 22.7 Å². The Morgan fingerprint density at radius 2 is 1.74 bits per heavy atom. The van der Waals surface area contributed by atoms with Crippen molar-refractivity contribution in [2.75, 3.05) is 23.7 Å². The molecule has 2 aromatic rings. The third-order valence-electron chi connectivity index (χ3n) is 4.61. The van der Waals surface area contributed by atoms with E-state index >= 15 is 0 Å². The van der Waals surface area contributed by atoms with E-state index in [-0.39, 0.29) is 18.1 Å². The zero-order valence-corrected chi connectivity index (χ0v) is 19.1. The highest BCUT2D eigenvalue weighted by Crippen LogP contribution is 2.21. The molecule has 0 aliphatic rings. The van der Waals surface area contributed by atoms with Crippen LogP contribution in [0.2, 0.25) is 5.02 Å². The molecule has 2 amide bonds. The van der Waals surface area contributed by atoms with Gasteiger partial charge >= 0.3 is 0 Å². The van der Waals surface area contributed by atoms with Crippen LogP contribution in [0.1, 0.15) is 19.4 Å². The third kappa shape index (κ3) is 6.67. The predicted octanol–water partition coefficient (Wildman–Crippen LogP) is 2.80. The molecule has 0 saturated carbocycles. The maximum absolute atomic E-state index is 13.3. The average molecular weight is 470 g/mol. The standard InChI is InChI=1S/C21H25ClFN3O4S/c1-4-24-21(28)15(2)25(13-16-7-5-6-8-19(16)22)20(27)14-26(31(3,29)30)18-11-9-17(23)10-12-18/h5-12,15H,4,13-14H2,1-3H3,(H,24,28)/t15-/m0/s1. The van der Waals surface area contributed by atoms with Gasteiger partial charge in [-0.05, 0) is 49.7 Å². The molecule has 0 bridgehead atoms. The molecule has 0 aliphatic heterocycles. The Morgan fingerprint density at radius 1 is 1.13 bits per heavy atom. The number of anilines is 1.